The Morgan fingerprint density at radius 2 is 2.08 bits per heavy atom. The van der Waals surface area contributed by atoms with E-state index in [9.17, 15) is 13.6 Å². The number of rotatable bonds is 7. The van der Waals surface area contributed by atoms with E-state index < -0.39 is 11.6 Å². The molecule has 0 aromatic heterocycles. The number of carbonyl (C=O) groups excluding carboxylic acids is 1. The molecule has 1 fully saturated rings. The Morgan fingerprint density at radius 3 is 2.69 bits per heavy atom. The first-order chi connectivity index (χ1) is 12.4. The third kappa shape index (κ3) is 5.51. The molecule has 1 aromatic rings. The van der Waals surface area contributed by atoms with Gasteiger partial charge in [-0.3, -0.25) is 9.69 Å². The van der Waals surface area contributed by atoms with Crippen LogP contribution < -0.4 is 5.32 Å². The normalized spacial score (nSPS) is 18.5. The summed E-state index contributed by atoms with van der Waals surface area (Å²) >= 11 is 5.75. The monoisotopic (exact) mass is 380 g/mol. The van der Waals surface area contributed by atoms with Crippen LogP contribution in [0.15, 0.2) is 53.6 Å². The number of hydrogen-bond acceptors (Lipinski definition) is 2. The van der Waals surface area contributed by atoms with E-state index in [-0.39, 0.29) is 24.1 Å². The Bertz CT molecular complexity index is 710. The number of nitrogens with zero attached hydrogens (tertiary/aromatic N) is 1. The van der Waals surface area contributed by atoms with Crippen molar-refractivity contribution in [2.45, 2.75) is 32.4 Å². The third-order valence-corrected chi connectivity index (χ3v) is 4.53. The minimum atomic E-state index is -0.656. The van der Waals surface area contributed by atoms with Gasteiger partial charge in [-0.25, -0.2) is 8.78 Å². The van der Waals surface area contributed by atoms with E-state index >= 15 is 0 Å². The van der Waals surface area contributed by atoms with Crippen LogP contribution in [-0.2, 0) is 11.3 Å². The van der Waals surface area contributed by atoms with Crippen LogP contribution in [0, 0.1) is 11.6 Å². The summed E-state index contributed by atoms with van der Waals surface area (Å²) in [5.74, 6) is -1.53. The Labute approximate surface area is 158 Å². The van der Waals surface area contributed by atoms with E-state index in [0.717, 1.165) is 18.5 Å². The second-order valence-corrected chi connectivity index (χ2v) is 6.68. The maximum absolute atomic E-state index is 13.7. The van der Waals surface area contributed by atoms with Gasteiger partial charge >= 0.3 is 0 Å². The molecular formula is C20H23ClF2N2O. The standard InChI is InChI=1S/C20H23ClF2N2O/c1-3-15(10-9-14(2)21)13-25-11-5-8-19(25)20(26)24-12-16-17(22)6-4-7-18(16)23/h3-4,6-7,9-10,19H,2,5,8,11-13H2,1H3,(H,24,26)/b10-9-,15-3+. The number of allylic oxidation sites excluding steroid dienone is 3. The van der Waals surface area contributed by atoms with Crippen molar-refractivity contribution in [1.29, 1.82) is 0 Å². The summed E-state index contributed by atoms with van der Waals surface area (Å²) in [4.78, 5) is 14.6. The molecule has 1 atom stereocenters. The summed E-state index contributed by atoms with van der Waals surface area (Å²) in [5.41, 5.74) is 0.898. The highest BCUT2D eigenvalue weighted by Gasteiger charge is 2.30. The second kappa shape index (κ2) is 9.64. The molecule has 0 aliphatic carbocycles. The van der Waals surface area contributed by atoms with Gasteiger partial charge in [0.25, 0.3) is 0 Å². The van der Waals surface area contributed by atoms with Crippen LogP contribution in [0.25, 0.3) is 0 Å². The molecule has 3 nitrogen and oxygen atoms in total. The summed E-state index contributed by atoms with van der Waals surface area (Å²) in [6.45, 7) is 6.76. The Hall–Kier alpha value is -1.98. The molecule has 0 bridgehead atoms. The molecular weight excluding hydrogens is 358 g/mol. The lowest BCUT2D eigenvalue weighted by Gasteiger charge is -2.24. The van der Waals surface area contributed by atoms with Crippen molar-refractivity contribution in [2.24, 2.45) is 0 Å². The molecule has 0 radical (unpaired) electrons. The van der Waals surface area contributed by atoms with Crippen molar-refractivity contribution < 1.29 is 13.6 Å². The number of hydrogen-bond donors (Lipinski definition) is 1. The van der Waals surface area contributed by atoms with Gasteiger partial charge in [-0.2, -0.15) is 0 Å². The van der Waals surface area contributed by atoms with Gasteiger partial charge in [0.1, 0.15) is 11.6 Å². The molecule has 6 heteroatoms. The van der Waals surface area contributed by atoms with Crippen LogP contribution in [0.1, 0.15) is 25.3 Å². The number of benzene rings is 1. The molecule has 1 aliphatic heterocycles. The van der Waals surface area contributed by atoms with Gasteiger partial charge in [-0.15, -0.1) is 0 Å². The van der Waals surface area contributed by atoms with Crippen molar-refractivity contribution in [1.82, 2.24) is 10.2 Å². The summed E-state index contributed by atoms with van der Waals surface area (Å²) in [6, 6.07) is 3.35. The number of halogens is 3. The van der Waals surface area contributed by atoms with Gasteiger partial charge in [-0.1, -0.05) is 36.4 Å². The summed E-state index contributed by atoms with van der Waals surface area (Å²) in [5, 5.41) is 3.10. The Balaban J connectivity index is 1.98. The number of carbonyl (C=O) groups is 1. The Morgan fingerprint density at radius 1 is 1.38 bits per heavy atom. The van der Waals surface area contributed by atoms with Crippen molar-refractivity contribution in [3.05, 3.63) is 70.8 Å². The molecule has 0 spiro atoms. The zero-order chi connectivity index (χ0) is 19.1. The van der Waals surface area contributed by atoms with Crippen LogP contribution in [0.3, 0.4) is 0 Å². The zero-order valence-corrected chi connectivity index (χ0v) is 15.5. The highest BCUT2D eigenvalue weighted by Crippen LogP contribution is 2.20. The van der Waals surface area contributed by atoms with Gasteiger partial charge in [0.2, 0.25) is 5.91 Å². The maximum Gasteiger partial charge on any atom is 0.237 e. The molecule has 1 heterocycles. The second-order valence-electron chi connectivity index (χ2n) is 6.19. The average molecular weight is 381 g/mol. The lowest BCUT2D eigenvalue weighted by molar-refractivity contribution is -0.125. The number of amides is 1. The lowest BCUT2D eigenvalue weighted by Crippen LogP contribution is -2.43. The first-order valence-corrected chi connectivity index (χ1v) is 8.92. The van der Waals surface area contributed by atoms with E-state index in [1.54, 1.807) is 6.08 Å². The van der Waals surface area contributed by atoms with E-state index in [1.165, 1.54) is 18.2 Å². The molecule has 1 aliphatic rings. The first-order valence-electron chi connectivity index (χ1n) is 8.54. The van der Waals surface area contributed by atoms with Crippen molar-refractivity contribution in [3.8, 4) is 0 Å². The molecule has 1 N–H and O–H groups in total. The summed E-state index contributed by atoms with van der Waals surface area (Å²) < 4.78 is 27.4. The van der Waals surface area contributed by atoms with E-state index in [0.29, 0.717) is 18.0 Å². The molecule has 140 valence electrons. The quantitative estimate of drug-likeness (QED) is 0.715. The largest absolute Gasteiger partial charge is 0.350 e. The van der Waals surface area contributed by atoms with E-state index in [1.807, 2.05) is 19.1 Å². The van der Waals surface area contributed by atoms with Crippen LogP contribution in [0.4, 0.5) is 8.78 Å². The van der Waals surface area contributed by atoms with E-state index in [2.05, 4.69) is 16.8 Å². The molecule has 1 amide bonds. The predicted molar refractivity (Wildman–Crippen MR) is 101 cm³/mol. The minimum absolute atomic E-state index is 0.122. The fourth-order valence-corrected chi connectivity index (χ4v) is 3.04. The van der Waals surface area contributed by atoms with Gasteiger partial charge < -0.3 is 5.32 Å². The highest BCUT2D eigenvalue weighted by atomic mass is 35.5. The van der Waals surface area contributed by atoms with Gasteiger partial charge in [0.05, 0.1) is 6.04 Å². The maximum atomic E-state index is 13.7. The summed E-state index contributed by atoms with van der Waals surface area (Å²) in [6.07, 6.45) is 7.16. The minimum Gasteiger partial charge on any atom is -0.350 e. The van der Waals surface area contributed by atoms with Crippen LogP contribution in [0.5, 0.6) is 0 Å². The smallest absolute Gasteiger partial charge is 0.237 e. The average Bonchev–Trinajstić information content (AvgIpc) is 3.06. The fraction of sp³-hybridized carbons (Fsp3) is 0.350. The lowest BCUT2D eigenvalue weighted by atomic mass is 10.1. The fourth-order valence-electron chi connectivity index (χ4n) is 2.98. The predicted octanol–water partition coefficient (Wildman–Crippen LogP) is 4.30. The van der Waals surface area contributed by atoms with Crippen molar-refractivity contribution in [3.63, 3.8) is 0 Å². The third-order valence-electron chi connectivity index (χ3n) is 4.40. The van der Waals surface area contributed by atoms with Gasteiger partial charge in [0.15, 0.2) is 0 Å². The zero-order valence-electron chi connectivity index (χ0n) is 14.8. The van der Waals surface area contributed by atoms with Crippen molar-refractivity contribution >= 4 is 17.5 Å². The molecule has 1 saturated heterocycles. The van der Waals surface area contributed by atoms with Gasteiger partial charge in [-0.05, 0) is 50.1 Å². The van der Waals surface area contributed by atoms with Crippen molar-refractivity contribution in [2.75, 3.05) is 13.1 Å². The molecule has 2 rings (SSSR count). The molecule has 1 unspecified atom stereocenters. The molecule has 0 saturated carbocycles. The highest BCUT2D eigenvalue weighted by molar-refractivity contribution is 6.30. The summed E-state index contributed by atoms with van der Waals surface area (Å²) in [7, 11) is 0. The van der Waals surface area contributed by atoms with Crippen LogP contribution >= 0.6 is 11.6 Å². The molecule has 1 aromatic carbocycles. The van der Waals surface area contributed by atoms with Gasteiger partial charge in [0, 0.05) is 23.7 Å². The van der Waals surface area contributed by atoms with Crippen LogP contribution in [0.2, 0.25) is 0 Å². The van der Waals surface area contributed by atoms with Crippen LogP contribution in [-0.4, -0.2) is 29.9 Å². The van der Waals surface area contributed by atoms with E-state index in [4.69, 9.17) is 11.6 Å². The number of likely N-dealkylation sites (tertiary alicyclic amines) is 1. The number of nitrogens with one attached hydrogen (secondary N) is 1. The SMILES string of the molecule is C=C(Cl)/C=C\C(=C/C)CN1CCCC1C(=O)NCc1c(F)cccc1F. The topological polar surface area (TPSA) is 32.3 Å². The Kier molecular flexibility index (Phi) is 7.54. The molecule has 26 heavy (non-hydrogen) atoms. The first kappa shape index (κ1) is 20.3.